The summed E-state index contributed by atoms with van der Waals surface area (Å²) in [6.45, 7) is 7.56. The summed E-state index contributed by atoms with van der Waals surface area (Å²) in [5.74, 6) is 0. The van der Waals surface area contributed by atoms with Crippen molar-refractivity contribution in [3.05, 3.63) is 68.1 Å². The number of aromatic nitrogens is 1. The van der Waals surface area contributed by atoms with Gasteiger partial charge in [0.1, 0.15) is 11.6 Å². The van der Waals surface area contributed by atoms with Gasteiger partial charge in [-0.2, -0.15) is 10.4 Å². The van der Waals surface area contributed by atoms with Gasteiger partial charge in [-0.25, -0.2) is 4.68 Å². The van der Waals surface area contributed by atoms with Crippen molar-refractivity contribution in [3.63, 3.8) is 0 Å². The first-order valence-corrected chi connectivity index (χ1v) is 6.69. The maximum Gasteiger partial charge on any atom is 0.289 e. The summed E-state index contributed by atoms with van der Waals surface area (Å²) in [5, 5.41) is 13.3. The van der Waals surface area contributed by atoms with E-state index in [9.17, 15) is 4.79 Å². The number of nitriles is 1. The van der Waals surface area contributed by atoms with E-state index < -0.39 is 0 Å². The van der Waals surface area contributed by atoms with Gasteiger partial charge in [0, 0.05) is 5.69 Å². The van der Waals surface area contributed by atoms with Gasteiger partial charge < -0.3 is 0 Å². The normalized spacial score (nSPS) is 10.8. The van der Waals surface area contributed by atoms with Crippen LogP contribution in [0.3, 0.4) is 0 Å². The molecule has 0 N–H and O–H groups in total. The van der Waals surface area contributed by atoms with Crippen LogP contribution in [0, 0.1) is 39.0 Å². The number of rotatable bonds is 2. The van der Waals surface area contributed by atoms with Crippen LogP contribution in [0.1, 0.15) is 33.5 Å². The van der Waals surface area contributed by atoms with Gasteiger partial charge >= 0.3 is 0 Å². The second-order valence-electron chi connectivity index (χ2n) is 5.18. The third-order valence-corrected chi connectivity index (χ3v) is 3.42. The highest BCUT2D eigenvalue weighted by Crippen LogP contribution is 2.09. The number of aryl methyl sites for hydroxylation is 4. The van der Waals surface area contributed by atoms with Gasteiger partial charge in [-0.05, 0) is 50.5 Å². The molecule has 21 heavy (non-hydrogen) atoms. The number of hydrogen-bond acceptors (Lipinski definition) is 3. The molecule has 0 saturated heterocycles. The Bertz CT molecular complexity index is 823. The average Bonchev–Trinajstić information content (AvgIpc) is 2.42. The van der Waals surface area contributed by atoms with Crippen LogP contribution in [0.4, 0.5) is 0 Å². The minimum absolute atomic E-state index is 0.138. The second-order valence-corrected chi connectivity index (χ2v) is 5.18. The highest BCUT2D eigenvalue weighted by molar-refractivity contribution is 5.81. The average molecular weight is 279 g/mol. The Morgan fingerprint density at radius 1 is 1.14 bits per heavy atom. The predicted octanol–water partition coefficient (Wildman–Crippen LogP) is 2.84. The monoisotopic (exact) mass is 279 g/mol. The van der Waals surface area contributed by atoms with E-state index >= 15 is 0 Å². The lowest BCUT2D eigenvalue weighted by Crippen LogP contribution is -2.22. The fourth-order valence-electron chi connectivity index (χ4n) is 2.18. The summed E-state index contributed by atoms with van der Waals surface area (Å²) in [7, 11) is 0. The molecule has 106 valence electrons. The lowest BCUT2D eigenvalue weighted by molar-refractivity contribution is 0.786. The van der Waals surface area contributed by atoms with Crippen molar-refractivity contribution in [2.45, 2.75) is 27.7 Å². The van der Waals surface area contributed by atoms with E-state index in [2.05, 4.69) is 5.10 Å². The predicted molar refractivity (Wildman–Crippen MR) is 83.8 cm³/mol. The fourth-order valence-corrected chi connectivity index (χ4v) is 2.18. The van der Waals surface area contributed by atoms with Crippen molar-refractivity contribution in [3.8, 4) is 6.07 Å². The van der Waals surface area contributed by atoms with Gasteiger partial charge in [0.2, 0.25) is 0 Å². The van der Waals surface area contributed by atoms with E-state index in [-0.39, 0.29) is 11.1 Å². The van der Waals surface area contributed by atoms with Gasteiger partial charge in [-0.3, -0.25) is 4.79 Å². The Hall–Kier alpha value is -2.67. The highest BCUT2D eigenvalue weighted by Gasteiger charge is 2.09. The summed E-state index contributed by atoms with van der Waals surface area (Å²) in [5.41, 5.74) is 4.32. The Labute approximate surface area is 124 Å². The molecule has 0 amide bonds. The van der Waals surface area contributed by atoms with Crippen LogP contribution >= 0.6 is 0 Å². The van der Waals surface area contributed by atoms with Gasteiger partial charge in [-0.1, -0.05) is 23.8 Å². The van der Waals surface area contributed by atoms with E-state index in [1.165, 1.54) is 4.68 Å². The Morgan fingerprint density at radius 2 is 1.86 bits per heavy atom. The standard InChI is InChI=1S/C17H17N3O/c1-11-5-6-12(2)15(7-11)10-19-20-14(4)8-13(3)16(9-18)17(20)21/h5-8,10H,1-4H3/b19-10-. The Morgan fingerprint density at radius 3 is 2.52 bits per heavy atom. The quantitative estimate of drug-likeness (QED) is 0.794. The Balaban J connectivity index is 2.54. The molecule has 1 heterocycles. The van der Waals surface area contributed by atoms with Crippen molar-refractivity contribution < 1.29 is 0 Å². The van der Waals surface area contributed by atoms with Crippen molar-refractivity contribution in [2.75, 3.05) is 0 Å². The molecule has 2 rings (SSSR count). The van der Waals surface area contributed by atoms with E-state index in [0.717, 1.165) is 16.7 Å². The summed E-state index contributed by atoms with van der Waals surface area (Å²) >= 11 is 0. The third kappa shape index (κ3) is 2.92. The van der Waals surface area contributed by atoms with Crippen molar-refractivity contribution in [2.24, 2.45) is 5.10 Å². The largest absolute Gasteiger partial charge is 0.289 e. The van der Waals surface area contributed by atoms with Gasteiger partial charge in [0.15, 0.2) is 0 Å². The molecular formula is C17H17N3O. The number of hydrogen-bond donors (Lipinski definition) is 0. The zero-order valence-electron chi connectivity index (χ0n) is 12.6. The molecule has 0 saturated carbocycles. The zero-order chi connectivity index (χ0) is 15.6. The van der Waals surface area contributed by atoms with Crippen molar-refractivity contribution in [1.29, 1.82) is 5.26 Å². The smallest absolute Gasteiger partial charge is 0.266 e. The lowest BCUT2D eigenvalue weighted by Gasteiger charge is -2.07. The van der Waals surface area contributed by atoms with Crippen LogP contribution in [0.5, 0.6) is 0 Å². The molecule has 0 aliphatic rings. The molecule has 2 aromatic rings. The molecule has 0 aliphatic heterocycles. The van der Waals surface area contributed by atoms with Crippen molar-refractivity contribution in [1.82, 2.24) is 4.68 Å². The van der Waals surface area contributed by atoms with E-state index in [4.69, 9.17) is 5.26 Å². The molecule has 0 spiro atoms. The van der Waals surface area contributed by atoms with Gasteiger partial charge in [0.05, 0.1) is 6.21 Å². The molecule has 0 aliphatic carbocycles. The first kappa shape index (κ1) is 14.7. The highest BCUT2D eigenvalue weighted by atomic mass is 16.1. The minimum Gasteiger partial charge on any atom is -0.266 e. The van der Waals surface area contributed by atoms with Crippen LogP contribution in [-0.4, -0.2) is 10.9 Å². The van der Waals surface area contributed by atoms with Crippen LogP contribution in [0.15, 0.2) is 34.2 Å². The molecule has 0 unspecified atom stereocenters. The number of nitrogens with zero attached hydrogens (tertiary/aromatic N) is 3. The van der Waals surface area contributed by atoms with Crippen LogP contribution in [0.25, 0.3) is 0 Å². The first-order valence-electron chi connectivity index (χ1n) is 6.69. The molecule has 1 aromatic heterocycles. The maximum absolute atomic E-state index is 12.2. The van der Waals surface area contributed by atoms with Crippen molar-refractivity contribution >= 4 is 6.21 Å². The van der Waals surface area contributed by atoms with Crippen LogP contribution in [-0.2, 0) is 0 Å². The summed E-state index contributed by atoms with van der Waals surface area (Å²) in [4.78, 5) is 12.2. The third-order valence-electron chi connectivity index (χ3n) is 3.42. The van der Waals surface area contributed by atoms with E-state index in [1.54, 1.807) is 26.1 Å². The number of benzene rings is 1. The van der Waals surface area contributed by atoms with Crippen LogP contribution in [0.2, 0.25) is 0 Å². The van der Waals surface area contributed by atoms with E-state index in [0.29, 0.717) is 11.3 Å². The molecule has 1 aromatic carbocycles. The zero-order valence-corrected chi connectivity index (χ0v) is 12.6. The topological polar surface area (TPSA) is 58.1 Å². The molecular weight excluding hydrogens is 262 g/mol. The lowest BCUT2D eigenvalue weighted by atomic mass is 10.1. The summed E-state index contributed by atoms with van der Waals surface area (Å²) in [6.07, 6.45) is 1.66. The Kier molecular flexibility index (Phi) is 4.04. The fraction of sp³-hybridized carbons (Fsp3) is 0.235. The van der Waals surface area contributed by atoms with E-state index in [1.807, 2.05) is 38.1 Å². The molecule has 0 bridgehead atoms. The van der Waals surface area contributed by atoms with Crippen LogP contribution < -0.4 is 5.56 Å². The number of pyridine rings is 1. The molecule has 0 atom stereocenters. The summed E-state index contributed by atoms with van der Waals surface area (Å²) in [6, 6.07) is 9.79. The molecule has 0 radical (unpaired) electrons. The van der Waals surface area contributed by atoms with Gasteiger partial charge in [-0.15, -0.1) is 0 Å². The molecule has 4 nitrogen and oxygen atoms in total. The minimum atomic E-state index is -0.378. The maximum atomic E-state index is 12.2. The summed E-state index contributed by atoms with van der Waals surface area (Å²) < 4.78 is 1.27. The molecule has 0 fully saturated rings. The first-order chi connectivity index (χ1) is 9.93. The molecule has 4 heteroatoms. The second kappa shape index (κ2) is 5.76. The van der Waals surface area contributed by atoms with Gasteiger partial charge in [0.25, 0.3) is 5.56 Å². The SMILES string of the molecule is Cc1ccc(C)c(/C=N\n2c(C)cc(C)c(C#N)c2=O)c1.